The molecule has 0 radical (unpaired) electrons. The van der Waals surface area contributed by atoms with Gasteiger partial charge in [-0.05, 0) is 19.1 Å². The Morgan fingerprint density at radius 2 is 2.20 bits per heavy atom. The molecule has 0 saturated carbocycles. The van der Waals surface area contributed by atoms with E-state index in [4.69, 9.17) is 14.9 Å². The molecule has 4 heteroatoms. The molecule has 1 unspecified atom stereocenters. The van der Waals surface area contributed by atoms with Gasteiger partial charge in [-0.3, -0.25) is 0 Å². The molecule has 1 aromatic rings. The zero-order chi connectivity index (χ0) is 11.3. The molecule has 0 amide bonds. The number of rotatable bonds is 4. The molecule has 15 heavy (non-hydrogen) atoms. The number of carbonyl (C=O) groups excluding carboxylic acids is 1. The summed E-state index contributed by atoms with van der Waals surface area (Å²) in [4.78, 5) is 11.0. The number of carbonyl (C=O) groups is 1. The van der Waals surface area contributed by atoms with Crippen LogP contribution in [0.3, 0.4) is 0 Å². The highest BCUT2D eigenvalue weighted by Gasteiger charge is 2.26. The Labute approximate surface area is 87.7 Å². The summed E-state index contributed by atoms with van der Waals surface area (Å²) in [7, 11) is 0. The fourth-order valence-electron chi connectivity index (χ4n) is 1.40. The van der Waals surface area contributed by atoms with Crippen LogP contribution >= 0.6 is 0 Å². The molecule has 4 nitrogen and oxygen atoms in total. The molecule has 1 heterocycles. The lowest BCUT2D eigenvalue weighted by Gasteiger charge is -2.12. The van der Waals surface area contributed by atoms with Gasteiger partial charge in [0.05, 0.1) is 24.3 Å². The van der Waals surface area contributed by atoms with E-state index in [2.05, 4.69) is 0 Å². The Bertz CT molecular complexity index is 395. The Hall–Kier alpha value is -2.07. The summed E-state index contributed by atoms with van der Waals surface area (Å²) in [6.07, 6.45) is 1.62. The quantitative estimate of drug-likeness (QED) is 0.748. The smallest absolute Gasteiger partial charge is 0.143 e. The Balaban J connectivity index is 2.94. The van der Waals surface area contributed by atoms with Crippen molar-refractivity contribution >= 4 is 5.78 Å². The first kappa shape index (κ1) is 11.0. The lowest BCUT2D eigenvalue weighted by molar-refractivity contribution is -0.117. The van der Waals surface area contributed by atoms with Crippen molar-refractivity contribution in [3.63, 3.8) is 0 Å². The highest BCUT2D eigenvalue weighted by atomic mass is 16.3. The first-order valence-electron chi connectivity index (χ1n) is 4.51. The molecule has 1 rings (SSSR count). The SMILES string of the molecule is CC(=O)CC(c1ccco1)C(C#N)C#N. The van der Waals surface area contributed by atoms with Crippen LogP contribution in [0.1, 0.15) is 25.0 Å². The van der Waals surface area contributed by atoms with Crippen molar-refractivity contribution < 1.29 is 9.21 Å². The predicted molar refractivity (Wildman–Crippen MR) is 51.5 cm³/mol. The molecule has 1 atom stereocenters. The Kier molecular flexibility index (Phi) is 3.65. The van der Waals surface area contributed by atoms with Crippen LogP contribution in [0.25, 0.3) is 0 Å². The topological polar surface area (TPSA) is 77.8 Å². The molecule has 0 bridgehead atoms. The van der Waals surface area contributed by atoms with E-state index in [0.29, 0.717) is 5.76 Å². The summed E-state index contributed by atoms with van der Waals surface area (Å²) < 4.78 is 5.13. The number of nitriles is 2. The first-order valence-corrected chi connectivity index (χ1v) is 4.51. The highest BCUT2D eigenvalue weighted by molar-refractivity contribution is 5.76. The van der Waals surface area contributed by atoms with E-state index in [1.54, 1.807) is 12.1 Å². The van der Waals surface area contributed by atoms with Crippen LogP contribution in [-0.2, 0) is 4.79 Å². The second-order valence-electron chi connectivity index (χ2n) is 3.26. The van der Waals surface area contributed by atoms with Crippen LogP contribution in [0.15, 0.2) is 22.8 Å². The summed E-state index contributed by atoms with van der Waals surface area (Å²) in [5, 5.41) is 17.6. The Morgan fingerprint density at radius 1 is 1.53 bits per heavy atom. The minimum Gasteiger partial charge on any atom is -0.469 e. The second kappa shape index (κ2) is 4.97. The summed E-state index contributed by atoms with van der Waals surface area (Å²) >= 11 is 0. The van der Waals surface area contributed by atoms with Crippen LogP contribution in [0, 0.1) is 28.6 Å². The monoisotopic (exact) mass is 202 g/mol. The van der Waals surface area contributed by atoms with E-state index < -0.39 is 11.8 Å². The number of hydrogen-bond acceptors (Lipinski definition) is 4. The molecule has 0 N–H and O–H groups in total. The van der Waals surface area contributed by atoms with Crippen molar-refractivity contribution in [1.82, 2.24) is 0 Å². The van der Waals surface area contributed by atoms with E-state index in [-0.39, 0.29) is 12.2 Å². The van der Waals surface area contributed by atoms with Crippen molar-refractivity contribution in [1.29, 1.82) is 10.5 Å². The van der Waals surface area contributed by atoms with Crippen LogP contribution in [0.2, 0.25) is 0 Å². The third-order valence-electron chi connectivity index (χ3n) is 2.10. The highest BCUT2D eigenvalue weighted by Crippen LogP contribution is 2.28. The van der Waals surface area contributed by atoms with E-state index >= 15 is 0 Å². The molecular weight excluding hydrogens is 192 g/mol. The van der Waals surface area contributed by atoms with Gasteiger partial charge in [0, 0.05) is 6.42 Å². The van der Waals surface area contributed by atoms with Gasteiger partial charge >= 0.3 is 0 Å². The van der Waals surface area contributed by atoms with Gasteiger partial charge in [0.1, 0.15) is 17.5 Å². The molecule has 0 aliphatic rings. The molecule has 0 aliphatic heterocycles. The van der Waals surface area contributed by atoms with E-state index in [0.717, 1.165) is 0 Å². The lowest BCUT2D eigenvalue weighted by atomic mass is 9.88. The van der Waals surface area contributed by atoms with Gasteiger partial charge in [0.2, 0.25) is 0 Å². The minimum absolute atomic E-state index is 0.0631. The maximum atomic E-state index is 11.0. The van der Waals surface area contributed by atoms with Crippen molar-refractivity contribution in [2.75, 3.05) is 0 Å². The summed E-state index contributed by atoms with van der Waals surface area (Å²) in [6, 6.07) is 7.10. The molecule has 1 aromatic heterocycles. The van der Waals surface area contributed by atoms with E-state index in [9.17, 15) is 4.79 Å². The number of hydrogen-bond donors (Lipinski definition) is 0. The fourth-order valence-corrected chi connectivity index (χ4v) is 1.40. The molecule has 0 saturated heterocycles. The zero-order valence-corrected chi connectivity index (χ0v) is 8.30. The van der Waals surface area contributed by atoms with Crippen molar-refractivity contribution in [3.8, 4) is 12.1 Å². The number of ketones is 1. The van der Waals surface area contributed by atoms with Crippen LogP contribution in [0.4, 0.5) is 0 Å². The normalized spacial score (nSPS) is 11.7. The third-order valence-corrected chi connectivity index (χ3v) is 2.10. The number of Topliss-reactive ketones (excluding diaryl/α,β-unsaturated/α-hetero) is 1. The van der Waals surface area contributed by atoms with E-state index in [1.807, 2.05) is 12.1 Å². The van der Waals surface area contributed by atoms with Gasteiger partial charge in [0.15, 0.2) is 0 Å². The minimum atomic E-state index is -0.847. The van der Waals surface area contributed by atoms with Crippen LogP contribution in [-0.4, -0.2) is 5.78 Å². The van der Waals surface area contributed by atoms with Gasteiger partial charge in [-0.2, -0.15) is 10.5 Å². The molecule has 0 spiro atoms. The van der Waals surface area contributed by atoms with Crippen molar-refractivity contribution in [3.05, 3.63) is 24.2 Å². The van der Waals surface area contributed by atoms with Gasteiger partial charge in [-0.25, -0.2) is 0 Å². The fraction of sp³-hybridized carbons (Fsp3) is 0.364. The average Bonchev–Trinajstić information content (AvgIpc) is 2.70. The number of nitrogens with zero attached hydrogens (tertiary/aromatic N) is 2. The maximum Gasteiger partial charge on any atom is 0.143 e. The van der Waals surface area contributed by atoms with Gasteiger partial charge in [-0.15, -0.1) is 0 Å². The summed E-state index contributed by atoms with van der Waals surface area (Å²) in [5.41, 5.74) is 0. The second-order valence-corrected chi connectivity index (χ2v) is 3.26. The largest absolute Gasteiger partial charge is 0.469 e. The third kappa shape index (κ3) is 2.69. The average molecular weight is 202 g/mol. The maximum absolute atomic E-state index is 11.0. The van der Waals surface area contributed by atoms with Crippen LogP contribution in [0.5, 0.6) is 0 Å². The van der Waals surface area contributed by atoms with E-state index in [1.165, 1.54) is 13.2 Å². The standard InChI is InChI=1S/C11H10N2O2/c1-8(14)5-10(9(6-12)7-13)11-3-2-4-15-11/h2-4,9-10H,5H2,1H3. The van der Waals surface area contributed by atoms with Gasteiger partial charge in [0.25, 0.3) is 0 Å². The number of furan rings is 1. The van der Waals surface area contributed by atoms with Crippen molar-refractivity contribution in [2.24, 2.45) is 5.92 Å². The van der Waals surface area contributed by atoms with Gasteiger partial charge in [-0.1, -0.05) is 0 Å². The zero-order valence-electron chi connectivity index (χ0n) is 8.30. The molecule has 76 valence electrons. The summed E-state index contributed by atoms with van der Waals surface area (Å²) in [5.74, 6) is -0.863. The van der Waals surface area contributed by atoms with Crippen molar-refractivity contribution in [2.45, 2.75) is 19.3 Å². The molecule has 0 aromatic carbocycles. The summed E-state index contributed by atoms with van der Waals surface area (Å²) in [6.45, 7) is 1.43. The Morgan fingerprint density at radius 3 is 2.60 bits per heavy atom. The van der Waals surface area contributed by atoms with Crippen LogP contribution < -0.4 is 0 Å². The first-order chi connectivity index (χ1) is 7.19. The van der Waals surface area contributed by atoms with Gasteiger partial charge < -0.3 is 9.21 Å². The molecule has 0 aliphatic carbocycles. The molecule has 0 fully saturated rings. The molecular formula is C11H10N2O2. The predicted octanol–water partition coefficient (Wildman–Crippen LogP) is 2.01. The lowest BCUT2D eigenvalue weighted by Crippen LogP contribution is -2.12.